The van der Waals surface area contributed by atoms with E-state index >= 15 is 0 Å². The van der Waals surface area contributed by atoms with Gasteiger partial charge in [-0.25, -0.2) is 4.79 Å². The normalized spacial score (nSPS) is 13.4. The Labute approximate surface area is 186 Å². The number of anilines is 2. The lowest BCUT2D eigenvalue weighted by Crippen LogP contribution is -2.48. The van der Waals surface area contributed by atoms with Gasteiger partial charge in [0.25, 0.3) is 5.91 Å². The number of hydrogen-bond donors (Lipinski definition) is 1. The van der Waals surface area contributed by atoms with Crippen LogP contribution in [0.3, 0.4) is 0 Å². The van der Waals surface area contributed by atoms with Crippen LogP contribution in [0.4, 0.5) is 11.4 Å². The predicted octanol–water partition coefficient (Wildman–Crippen LogP) is 2.41. The number of methoxy groups -OCH3 is 3. The highest BCUT2D eigenvalue weighted by atomic mass is 16.5. The third-order valence-electron chi connectivity index (χ3n) is 5.35. The first kappa shape index (κ1) is 22.9. The van der Waals surface area contributed by atoms with Gasteiger partial charge in [0, 0.05) is 44.7 Å². The van der Waals surface area contributed by atoms with E-state index in [-0.39, 0.29) is 11.8 Å². The Kier molecular flexibility index (Phi) is 7.19. The molecule has 32 heavy (non-hydrogen) atoms. The maximum Gasteiger partial charge on any atom is 0.337 e. The first-order valence-corrected chi connectivity index (χ1v) is 10.1. The maximum atomic E-state index is 13.1. The molecule has 9 heteroatoms. The Balaban J connectivity index is 1.92. The van der Waals surface area contributed by atoms with Crippen molar-refractivity contribution >= 4 is 29.2 Å². The van der Waals surface area contributed by atoms with Gasteiger partial charge in [0.2, 0.25) is 5.91 Å². The molecule has 0 unspecified atom stereocenters. The molecule has 2 amide bonds. The lowest BCUT2D eigenvalue weighted by molar-refractivity contribution is -0.129. The van der Waals surface area contributed by atoms with Crippen LogP contribution in [0.2, 0.25) is 0 Å². The van der Waals surface area contributed by atoms with Gasteiger partial charge in [-0.05, 0) is 30.3 Å². The summed E-state index contributed by atoms with van der Waals surface area (Å²) in [4.78, 5) is 40.6. The topological polar surface area (TPSA) is 97.4 Å². The molecule has 0 radical (unpaired) electrons. The Morgan fingerprint density at radius 1 is 0.844 bits per heavy atom. The van der Waals surface area contributed by atoms with Gasteiger partial charge in [-0.1, -0.05) is 0 Å². The summed E-state index contributed by atoms with van der Waals surface area (Å²) < 4.78 is 15.3. The Morgan fingerprint density at radius 2 is 1.47 bits per heavy atom. The van der Waals surface area contributed by atoms with Gasteiger partial charge in [-0.15, -0.1) is 0 Å². The number of esters is 1. The van der Waals surface area contributed by atoms with Crippen molar-refractivity contribution in [2.75, 3.05) is 57.7 Å². The van der Waals surface area contributed by atoms with Crippen molar-refractivity contribution < 1.29 is 28.6 Å². The van der Waals surface area contributed by atoms with E-state index in [0.29, 0.717) is 54.5 Å². The van der Waals surface area contributed by atoms with Crippen LogP contribution in [0.5, 0.6) is 11.5 Å². The van der Waals surface area contributed by atoms with E-state index in [1.807, 2.05) is 0 Å². The smallest absolute Gasteiger partial charge is 0.337 e. The van der Waals surface area contributed by atoms with Crippen molar-refractivity contribution in [3.63, 3.8) is 0 Å². The van der Waals surface area contributed by atoms with Crippen molar-refractivity contribution in [3.05, 3.63) is 47.5 Å². The van der Waals surface area contributed by atoms with E-state index in [1.165, 1.54) is 21.3 Å². The molecular weight excluding hydrogens is 414 g/mol. The highest BCUT2D eigenvalue weighted by Gasteiger charge is 2.23. The number of carbonyl (C=O) groups excluding carboxylic acids is 3. The number of ether oxygens (including phenoxy) is 3. The summed E-state index contributed by atoms with van der Waals surface area (Å²) in [5, 5.41) is 2.90. The van der Waals surface area contributed by atoms with Gasteiger partial charge in [-0.3, -0.25) is 9.59 Å². The second kappa shape index (κ2) is 10.0. The van der Waals surface area contributed by atoms with Crippen molar-refractivity contribution in [3.8, 4) is 11.5 Å². The van der Waals surface area contributed by atoms with Crippen LogP contribution in [0.25, 0.3) is 0 Å². The highest BCUT2D eigenvalue weighted by molar-refractivity contribution is 6.07. The van der Waals surface area contributed by atoms with Crippen LogP contribution in [-0.2, 0) is 9.53 Å². The lowest BCUT2D eigenvalue weighted by Gasteiger charge is -2.36. The minimum absolute atomic E-state index is 0.0335. The van der Waals surface area contributed by atoms with Gasteiger partial charge in [0.1, 0.15) is 11.5 Å². The van der Waals surface area contributed by atoms with E-state index in [0.717, 1.165) is 5.69 Å². The molecular formula is C23H27N3O6. The summed E-state index contributed by atoms with van der Waals surface area (Å²) in [6.45, 7) is 3.91. The van der Waals surface area contributed by atoms with E-state index < -0.39 is 5.97 Å². The molecule has 1 aliphatic heterocycles. The van der Waals surface area contributed by atoms with Crippen LogP contribution in [0.1, 0.15) is 27.6 Å². The van der Waals surface area contributed by atoms with Gasteiger partial charge in [0.15, 0.2) is 0 Å². The molecule has 1 heterocycles. The Bertz CT molecular complexity index is 993. The summed E-state index contributed by atoms with van der Waals surface area (Å²) in [5.41, 5.74) is 1.88. The zero-order valence-electron chi connectivity index (χ0n) is 18.6. The fourth-order valence-corrected chi connectivity index (χ4v) is 3.55. The van der Waals surface area contributed by atoms with Gasteiger partial charge >= 0.3 is 5.97 Å². The second-order valence-electron chi connectivity index (χ2n) is 7.27. The van der Waals surface area contributed by atoms with Crippen LogP contribution in [-0.4, -0.2) is 70.2 Å². The average molecular weight is 441 g/mol. The Hall–Kier alpha value is -3.75. The van der Waals surface area contributed by atoms with Crippen molar-refractivity contribution in [1.82, 2.24) is 4.90 Å². The molecule has 3 rings (SSSR count). The summed E-state index contributed by atoms with van der Waals surface area (Å²) in [5.74, 6) is 0.118. The highest BCUT2D eigenvalue weighted by Crippen LogP contribution is 2.30. The molecule has 0 saturated carbocycles. The number of rotatable bonds is 6. The van der Waals surface area contributed by atoms with E-state index in [2.05, 4.69) is 10.2 Å². The van der Waals surface area contributed by atoms with Crippen molar-refractivity contribution in [2.45, 2.75) is 6.92 Å². The molecule has 1 N–H and O–H groups in total. The fourth-order valence-electron chi connectivity index (χ4n) is 3.55. The number of piperazine rings is 1. The first-order valence-electron chi connectivity index (χ1n) is 10.1. The van der Waals surface area contributed by atoms with E-state index in [9.17, 15) is 14.4 Å². The zero-order chi connectivity index (χ0) is 23.3. The number of nitrogens with zero attached hydrogens (tertiary/aromatic N) is 2. The number of amides is 2. The van der Waals surface area contributed by atoms with Gasteiger partial charge in [-0.2, -0.15) is 0 Å². The molecule has 2 aromatic rings. The lowest BCUT2D eigenvalue weighted by atomic mass is 10.1. The molecule has 0 bridgehead atoms. The van der Waals surface area contributed by atoms with Crippen LogP contribution in [0, 0.1) is 0 Å². The van der Waals surface area contributed by atoms with Gasteiger partial charge in [0.05, 0.1) is 38.3 Å². The summed E-state index contributed by atoms with van der Waals surface area (Å²) >= 11 is 0. The van der Waals surface area contributed by atoms with E-state index in [1.54, 1.807) is 48.2 Å². The molecule has 0 aliphatic carbocycles. The van der Waals surface area contributed by atoms with Crippen molar-refractivity contribution in [2.24, 2.45) is 0 Å². The third-order valence-corrected chi connectivity index (χ3v) is 5.35. The average Bonchev–Trinajstić information content (AvgIpc) is 2.83. The molecule has 1 fully saturated rings. The SMILES string of the molecule is COC(=O)c1ccc(N2CCN(C(C)=O)CC2)c(NC(=O)c2cc(OC)cc(OC)c2)c1. The van der Waals surface area contributed by atoms with E-state index in [4.69, 9.17) is 14.2 Å². The minimum atomic E-state index is -0.503. The number of hydrogen-bond acceptors (Lipinski definition) is 7. The number of benzene rings is 2. The Morgan fingerprint density at radius 3 is 2.00 bits per heavy atom. The van der Waals surface area contributed by atoms with Crippen molar-refractivity contribution in [1.29, 1.82) is 0 Å². The molecule has 1 saturated heterocycles. The third kappa shape index (κ3) is 5.11. The zero-order valence-corrected chi connectivity index (χ0v) is 18.6. The molecule has 0 aromatic heterocycles. The largest absolute Gasteiger partial charge is 0.497 e. The molecule has 0 spiro atoms. The number of nitrogens with one attached hydrogen (secondary N) is 1. The summed E-state index contributed by atoms with van der Waals surface area (Å²) in [7, 11) is 4.32. The summed E-state index contributed by atoms with van der Waals surface area (Å²) in [6.07, 6.45) is 0. The van der Waals surface area contributed by atoms with Crippen LogP contribution < -0.4 is 19.7 Å². The first-order chi connectivity index (χ1) is 15.4. The van der Waals surface area contributed by atoms with Crippen LogP contribution in [0.15, 0.2) is 36.4 Å². The molecule has 0 atom stereocenters. The second-order valence-corrected chi connectivity index (χ2v) is 7.27. The maximum absolute atomic E-state index is 13.1. The van der Waals surface area contributed by atoms with Crippen LogP contribution >= 0.6 is 0 Å². The molecule has 9 nitrogen and oxygen atoms in total. The molecule has 170 valence electrons. The molecule has 2 aromatic carbocycles. The fraction of sp³-hybridized carbons (Fsp3) is 0.348. The van der Waals surface area contributed by atoms with Gasteiger partial charge < -0.3 is 29.3 Å². The standard InChI is InChI=1S/C23H27N3O6/c1-15(27)25-7-9-26(10-8-25)21-6-5-16(23(29)32-4)13-20(21)24-22(28)17-11-18(30-2)14-19(12-17)31-3/h5-6,11-14H,7-10H2,1-4H3,(H,24,28). The quantitative estimate of drug-likeness (QED) is 0.688. The predicted molar refractivity (Wildman–Crippen MR) is 120 cm³/mol. The monoisotopic (exact) mass is 441 g/mol. The summed E-state index contributed by atoms with van der Waals surface area (Å²) in [6, 6.07) is 9.91. The minimum Gasteiger partial charge on any atom is -0.497 e. The number of carbonyl (C=O) groups is 3. The molecule has 1 aliphatic rings.